The Balaban J connectivity index is 1.85. The summed E-state index contributed by atoms with van der Waals surface area (Å²) in [7, 11) is 0. The SMILES string of the molecule is O=C(NCCn1ccnc1)Nc1ccc(C(=O)O)c(O)c1. The zero-order valence-corrected chi connectivity index (χ0v) is 11.0. The number of carboxylic acids is 1. The molecule has 1 aromatic heterocycles. The molecule has 2 rings (SSSR count). The van der Waals surface area contributed by atoms with Gasteiger partial charge < -0.3 is 25.4 Å². The topological polar surface area (TPSA) is 116 Å². The van der Waals surface area contributed by atoms with Crippen LogP contribution in [0, 0.1) is 0 Å². The van der Waals surface area contributed by atoms with Crippen LogP contribution in [0.25, 0.3) is 0 Å². The van der Waals surface area contributed by atoms with Gasteiger partial charge in [0.2, 0.25) is 0 Å². The highest BCUT2D eigenvalue weighted by Crippen LogP contribution is 2.21. The molecule has 2 aromatic rings. The van der Waals surface area contributed by atoms with Crippen LogP contribution in [0.3, 0.4) is 0 Å². The molecule has 2 amide bonds. The molecule has 1 aromatic carbocycles. The van der Waals surface area contributed by atoms with Crippen LogP contribution in [0.2, 0.25) is 0 Å². The summed E-state index contributed by atoms with van der Waals surface area (Å²) in [5, 5.41) is 23.4. The van der Waals surface area contributed by atoms with Crippen LogP contribution in [-0.4, -0.2) is 38.3 Å². The molecule has 0 spiro atoms. The van der Waals surface area contributed by atoms with Gasteiger partial charge in [0, 0.05) is 37.2 Å². The van der Waals surface area contributed by atoms with Crippen LogP contribution >= 0.6 is 0 Å². The van der Waals surface area contributed by atoms with Gasteiger partial charge in [-0.25, -0.2) is 14.6 Å². The molecule has 0 unspecified atom stereocenters. The summed E-state index contributed by atoms with van der Waals surface area (Å²) < 4.78 is 1.81. The van der Waals surface area contributed by atoms with E-state index in [0.717, 1.165) is 0 Å². The first-order chi connectivity index (χ1) is 10.1. The van der Waals surface area contributed by atoms with E-state index in [9.17, 15) is 14.7 Å². The molecule has 0 aliphatic carbocycles. The van der Waals surface area contributed by atoms with Crippen molar-refractivity contribution in [2.75, 3.05) is 11.9 Å². The number of aromatic nitrogens is 2. The van der Waals surface area contributed by atoms with Gasteiger partial charge in [-0.1, -0.05) is 0 Å². The Kier molecular flexibility index (Phi) is 4.39. The van der Waals surface area contributed by atoms with Crippen molar-refractivity contribution in [3.8, 4) is 5.75 Å². The predicted molar refractivity (Wildman–Crippen MR) is 74.3 cm³/mol. The lowest BCUT2D eigenvalue weighted by Crippen LogP contribution is -2.31. The Morgan fingerprint density at radius 1 is 1.33 bits per heavy atom. The van der Waals surface area contributed by atoms with Gasteiger partial charge >= 0.3 is 12.0 Å². The lowest BCUT2D eigenvalue weighted by molar-refractivity contribution is 0.0694. The van der Waals surface area contributed by atoms with Gasteiger partial charge in [0.1, 0.15) is 11.3 Å². The molecule has 1 heterocycles. The number of aromatic hydroxyl groups is 1. The van der Waals surface area contributed by atoms with E-state index in [-0.39, 0.29) is 5.56 Å². The monoisotopic (exact) mass is 290 g/mol. The van der Waals surface area contributed by atoms with Crippen LogP contribution in [0.15, 0.2) is 36.9 Å². The number of hydrogen-bond donors (Lipinski definition) is 4. The molecular formula is C13H14N4O4. The Morgan fingerprint density at radius 3 is 2.76 bits per heavy atom. The highest BCUT2D eigenvalue weighted by molar-refractivity contribution is 5.93. The summed E-state index contributed by atoms with van der Waals surface area (Å²) in [6.45, 7) is 0.984. The minimum absolute atomic E-state index is 0.221. The maximum Gasteiger partial charge on any atom is 0.339 e. The number of amides is 2. The normalized spacial score (nSPS) is 10.1. The van der Waals surface area contributed by atoms with Crippen molar-refractivity contribution in [2.24, 2.45) is 0 Å². The van der Waals surface area contributed by atoms with Gasteiger partial charge in [0.05, 0.1) is 6.33 Å². The van der Waals surface area contributed by atoms with Crippen LogP contribution in [-0.2, 0) is 6.54 Å². The lowest BCUT2D eigenvalue weighted by atomic mass is 10.2. The molecule has 0 bridgehead atoms. The lowest BCUT2D eigenvalue weighted by Gasteiger charge is -2.09. The summed E-state index contributed by atoms with van der Waals surface area (Å²) in [6.07, 6.45) is 5.07. The molecule has 21 heavy (non-hydrogen) atoms. The van der Waals surface area contributed by atoms with Crippen molar-refractivity contribution >= 4 is 17.7 Å². The van der Waals surface area contributed by atoms with Crippen molar-refractivity contribution in [1.82, 2.24) is 14.9 Å². The first-order valence-electron chi connectivity index (χ1n) is 6.13. The highest BCUT2D eigenvalue weighted by Gasteiger charge is 2.10. The first kappa shape index (κ1) is 14.4. The summed E-state index contributed by atoms with van der Waals surface area (Å²) in [6, 6.07) is 3.36. The third-order valence-corrected chi connectivity index (χ3v) is 2.70. The molecule has 0 aliphatic rings. The number of urea groups is 1. The average molecular weight is 290 g/mol. The molecule has 0 fully saturated rings. The van der Waals surface area contributed by atoms with Gasteiger partial charge in [-0.3, -0.25) is 0 Å². The van der Waals surface area contributed by atoms with Crippen molar-refractivity contribution in [3.05, 3.63) is 42.5 Å². The summed E-state index contributed by atoms with van der Waals surface area (Å²) in [5.41, 5.74) is 0.0821. The van der Waals surface area contributed by atoms with Crippen LogP contribution in [0.1, 0.15) is 10.4 Å². The number of aromatic carboxylic acids is 1. The summed E-state index contributed by atoms with van der Waals surface area (Å²) in [4.78, 5) is 26.2. The second-order valence-electron chi connectivity index (χ2n) is 4.22. The minimum atomic E-state index is -1.23. The van der Waals surface area contributed by atoms with E-state index in [1.165, 1.54) is 18.2 Å². The Morgan fingerprint density at radius 2 is 2.14 bits per heavy atom. The third-order valence-electron chi connectivity index (χ3n) is 2.70. The standard InChI is InChI=1S/C13H14N4O4/c18-11-7-9(1-2-10(11)12(19)20)16-13(21)15-4-6-17-5-3-14-8-17/h1-3,5,7-8,18H,4,6H2,(H,19,20)(H2,15,16,21). The molecule has 4 N–H and O–H groups in total. The van der Waals surface area contributed by atoms with E-state index in [4.69, 9.17) is 5.11 Å². The fourth-order valence-electron chi connectivity index (χ4n) is 1.68. The minimum Gasteiger partial charge on any atom is -0.507 e. The zero-order chi connectivity index (χ0) is 15.2. The first-order valence-corrected chi connectivity index (χ1v) is 6.13. The van der Waals surface area contributed by atoms with E-state index in [2.05, 4.69) is 15.6 Å². The van der Waals surface area contributed by atoms with Gasteiger partial charge in [0.25, 0.3) is 0 Å². The van der Waals surface area contributed by atoms with E-state index < -0.39 is 17.7 Å². The Hall–Kier alpha value is -3.03. The number of hydrogen-bond acceptors (Lipinski definition) is 4. The predicted octanol–water partition coefficient (Wildman–Crippen LogP) is 1.11. The number of nitrogens with zero attached hydrogens (tertiary/aromatic N) is 2. The number of rotatable bonds is 5. The smallest absolute Gasteiger partial charge is 0.339 e. The van der Waals surface area contributed by atoms with E-state index in [1.807, 2.05) is 4.57 Å². The average Bonchev–Trinajstić information content (AvgIpc) is 2.91. The summed E-state index contributed by atoms with van der Waals surface area (Å²) >= 11 is 0. The number of anilines is 1. The number of carbonyl (C=O) groups is 2. The fraction of sp³-hybridized carbons (Fsp3) is 0.154. The largest absolute Gasteiger partial charge is 0.507 e. The van der Waals surface area contributed by atoms with Crippen LogP contribution < -0.4 is 10.6 Å². The number of benzene rings is 1. The van der Waals surface area contributed by atoms with Gasteiger partial charge in [-0.05, 0) is 12.1 Å². The molecule has 0 radical (unpaired) electrons. The maximum absolute atomic E-state index is 11.6. The molecule has 8 heteroatoms. The van der Waals surface area contributed by atoms with E-state index >= 15 is 0 Å². The molecule has 0 saturated carbocycles. The molecule has 110 valence electrons. The Labute approximate surface area is 120 Å². The number of carbonyl (C=O) groups excluding carboxylic acids is 1. The molecule has 0 aliphatic heterocycles. The zero-order valence-electron chi connectivity index (χ0n) is 11.0. The number of carboxylic acid groups (broad SMARTS) is 1. The summed E-state index contributed by atoms with van der Waals surface area (Å²) in [5.74, 6) is -1.64. The Bertz CT molecular complexity index is 640. The number of phenols is 1. The quantitative estimate of drug-likeness (QED) is 0.658. The molecule has 0 atom stereocenters. The van der Waals surface area contributed by atoms with Gasteiger partial charge in [-0.15, -0.1) is 0 Å². The third kappa shape index (κ3) is 3.96. The second-order valence-corrected chi connectivity index (χ2v) is 4.22. The second kappa shape index (κ2) is 6.42. The van der Waals surface area contributed by atoms with Crippen molar-refractivity contribution in [1.29, 1.82) is 0 Å². The maximum atomic E-state index is 11.6. The molecular weight excluding hydrogens is 276 g/mol. The fourth-order valence-corrected chi connectivity index (χ4v) is 1.68. The highest BCUT2D eigenvalue weighted by atomic mass is 16.4. The van der Waals surface area contributed by atoms with Crippen LogP contribution in [0.4, 0.5) is 10.5 Å². The van der Waals surface area contributed by atoms with Gasteiger partial charge in [-0.2, -0.15) is 0 Å². The van der Waals surface area contributed by atoms with Crippen LogP contribution in [0.5, 0.6) is 5.75 Å². The van der Waals surface area contributed by atoms with Gasteiger partial charge in [0.15, 0.2) is 0 Å². The number of imidazole rings is 1. The van der Waals surface area contributed by atoms with Crippen molar-refractivity contribution in [2.45, 2.75) is 6.54 Å². The van der Waals surface area contributed by atoms with Crippen molar-refractivity contribution in [3.63, 3.8) is 0 Å². The number of nitrogens with one attached hydrogen (secondary N) is 2. The van der Waals surface area contributed by atoms with Crippen molar-refractivity contribution < 1.29 is 19.8 Å². The van der Waals surface area contributed by atoms with E-state index in [1.54, 1.807) is 18.7 Å². The molecule has 8 nitrogen and oxygen atoms in total. The van der Waals surface area contributed by atoms with E-state index in [0.29, 0.717) is 18.8 Å². The molecule has 0 saturated heterocycles.